The Bertz CT molecular complexity index is 537. The van der Waals surface area contributed by atoms with Crippen molar-refractivity contribution in [2.24, 2.45) is 0 Å². The highest BCUT2D eigenvalue weighted by molar-refractivity contribution is 6.28. The van der Waals surface area contributed by atoms with E-state index in [1.165, 1.54) is 12.8 Å². The molecule has 0 saturated heterocycles. The molecule has 2 aromatic rings. The summed E-state index contributed by atoms with van der Waals surface area (Å²) < 4.78 is 5.42. The summed E-state index contributed by atoms with van der Waals surface area (Å²) in [6.45, 7) is 2.73. The number of anilines is 1. The van der Waals surface area contributed by atoms with Gasteiger partial charge in [-0.05, 0) is 43.5 Å². The maximum absolute atomic E-state index is 5.90. The van der Waals surface area contributed by atoms with E-state index in [-0.39, 0.29) is 0 Å². The molecule has 0 bridgehead atoms. The Labute approximate surface area is 111 Å². The Kier molecular flexibility index (Phi) is 2.96. The van der Waals surface area contributed by atoms with E-state index in [0.29, 0.717) is 11.3 Å². The smallest absolute Gasteiger partial charge is 0.224 e. The van der Waals surface area contributed by atoms with E-state index in [4.69, 9.17) is 16.0 Å². The fourth-order valence-electron chi connectivity index (χ4n) is 2.04. The highest BCUT2D eigenvalue weighted by atomic mass is 35.5. The van der Waals surface area contributed by atoms with Crippen molar-refractivity contribution < 1.29 is 4.42 Å². The quantitative estimate of drug-likeness (QED) is 0.795. The number of aryl methyl sites for hydroxylation is 1. The van der Waals surface area contributed by atoms with Crippen molar-refractivity contribution in [2.45, 2.75) is 32.4 Å². The summed E-state index contributed by atoms with van der Waals surface area (Å²) in [6, 6.07) is 4.42. The zero-order chi connectivity index (χ0) is 12.5. The monoisotopic (exact) mass is 263 g/mol. The van der Waals surface area contributed by atoms with Crippen molar-refractivity contribution in [1.82, 2.24) is 9.97 Å². The van der Waals surface area contributed by atoms with Crippen LogP contribution in [0.3, 0.4) is 0 Å². The number of rotatable bonds is 4. The van der Waals surface area contributed by atoms with Gasteiger partial charge in [0.05, 0.1) is 12.8 Å². The van der Waals surface area contributed by atoms with Crippen LogP contribution in [0.4, 0.5) is 5.82 Å². The predicted molar refractivity (Wildman–Crippen MR) is 69.7 cm³/mol. The van der Waals surface area contributed by atoms with E-state index >= 15 is 0 Å². The van der Waals surface area contributed by atoms with Crippen LogP contribution in [0.2, 0.25) is 5.28 Å². The largest absolute Gasteiger partial charge is 0.467 e. The summed E-state index contributed by atoms with van der Waals surface area (Å²) in [7, 11) is 0. The average molecular weight is 264 g/mol. The lowest BCUT2D eigenvalue weighted by atomic mass is 10.3. The molecule has 18 heavy (non-hydrogen) atoms. The van der Waals surface area contributed by atoms with Crippen LogP contribution >= 0.6 is 11.6 Å². The van der Waals surface area contributed by atoms with Crippen LogP contribution in [0.25, 0.3) is 0 Å². The van der Waals surface area contributed by atoms with E-state index in [0.717, 1.165) is 23.7 Å². The lowest BCUT2D eigenvalue weighted by Gasteiger charge is -2.23. The predicted octanol–water partition coefficient (Wildman–Crippen LogP) is 3.20. The van der Waals surface area contributed by atoms with Crippen LogP contribution in [-0.4, -0.2) is 16.0 Å². The molecule has 0 aliphatic heterocycles. The molecule has 0 N–H and O–H groups in total. The molecule has 0 radical (unpaired) electrons. The minimum Gasteiger partial charge on any atom is -0.467 e. The Hall–Kier alpha value is -1.55. The molecule has 2 heterocycles. The number of aromatic nitrogens is 2. The highest BCUT2D eigenvalue weighted by Gasteiger charge is 2.31. The third kappa shape index (κ3) is 2.34. The molecule has 0 aromatic carbocycles. The van der Waals surface area contributed by atoms with Crippen LogP contribution in [0.5, 0.6) is 0 Å². The van der Waals surface area contributed by atoms with E-state index in [1.54, 1.807) is 12.5 Å². The van der Waals surface area contributed by atoms with Gasteiger partial charge in [0.25, 0.3) is 0 Å². The zero-order valence-corrected chi connectivity index (χ0v) is 10.9. The van der Waals surface area contributed by atoms with Gasteiger partial charge in [-0.2, -0.15) is 0 Å². The molecule has 0 atom stereocenters. The van der Waals surface area contributed by atoms with Gasteiger partial charge < -0.3 is 9.32 Å². The number of hydrogen-bond donors (Lipinski definition) is 0. The molecular weight excluding hydrogens is 250 g/mol. The molecule has 0 amide bonds. The summed E-state index contributed by atoms with van der Waals surface area (Å²) >= 11 is 5.90. The summed E-state index contributed by atoms with van der Waals surface area (Å²) in [5, 5.41) is 0.292. The Morgan fingerprint density at radius 2 is 2.33 bits per heavy atom. The molecule has 0 spiro atoms. The number of hydrogen-bond acceptors (Lipinski definition) is 4. The van der Waals surface area contributed by atoms with Crippen LogP contribution in [0.1, 0.15) is 24.2 Å². The van der Waals surface area contributed by atoms with E-state index < -0.39 is 0 Å². The van der Waals surface area contributed by atoms with Crippen molar-refractivity contribution in [3.8, 4) is 0 Å². The molecule has 1 fully saturated rings. The van der Waals surface area contributed by atoms with Crippen LogP contribution in [-0.2, 0) is 6.54 Å². The van der Waals surface area contributed by atoms with Gasteiger partial charge >= 0.3 is 0 Å². The van der Waals surface area contributed by atoms with Crippen molar-refractivity contribution in [3.63, 3.8) is 0 Å². The lowest BCUT2D eigenvalue weighted by molar-refractivity contribution is 0.500. The van der Waals surface area contributed by atoms with Gasteiger partial charge in [-0.1, -0.05) is 0 Å². The van der Waals surface area contributed by atoms with Gasteiger partial charge in [-0.25, -0.2) is 9.97 Å². The molecule has 2 aromatic heterocycles. The minimum atomic E-state index is 0.292. The van der Waals surface area contributed by atoms with Crippen molar-refractivity contribution >= 4 is 17.4 Å². The number of halogens is 1. The number of nitrogens with zero attached hydrogens (tertiary/aromatic N) is 3. The standard InChI is InChI=1S/C13H14ClN3O/c1-9-7-15-13(14)16-12(9)17(10-4-5-10)8-11-3-2-6-18-11/h2-3,6-7,10H,4-5,8H2,1H3. The third-order valence-corrected chi connectivity index (χ3v) is 3.26. The van der Waals surface area contributed by atoms with Crippen molar-refractivity contribution in [2.75, 3.05) is 4.90 Å². The van der Waals surface area contributed by atoms with Gasteiger partial charge in [0, 0.05) is 17.8 Å². The topological polar surface area (TPSA) is 42.2 Å². The first-order valence-electron chi connectivity index (χ1n) is 6.02. The maximum Gasteiger partial charge on any atom is 0.224 e. The normalized spacial score (nSPS) is 14.8. The Balaban J connectivity index is 1.91. The molecule has 0 unspecified atom stereocenters. The van der Waals surface area contributed by atoms with E-state index in [9.17, 15) is 0 Å². The maximum atomic E-state index is 5.90. The summed E-state index contributed by atoms with van der Waals surface area (Å²) in [5.41, 5.74) is 1.04. The van der Waals surface area contributed by atoms with Crippen molar-refractivity contribution in [3.05, 3.63) is 41.2 Å². The first-order valence-corrected chi connectivity index (χ1v) is 6.40. The molecule has 4 nitrogen and oxygen atoms in total. The average Bonchev–Trinajstić information content (AvgIpc) is 3.07. The van der Waals surface area contributed by atoms with Gasteiger partial charge in [0.15, 0.2) is 0 Å². The first kappa shape index (κ1) is 11.5. The molecular formula is C13H14ClN3O. The van der Waals surface area contributed by atoms with Crippen LogP contribution in [0.15, 0.2) is 29.0 Å². The Morgan fingerprint density at radius 1 is 1.50 bits per heavy atom. The molecule has 94 valence electrons. The fraction of sp³-hybridized carbons (Fsp3) is 0.385. The molecule has 1 aliphatic rings. The molecule has 3 rings (SSSR count). The summed E-state index contributed by atoms with van der Waals surface area (Å²) in [5.74, 6) is 1.85. The zero-order valence-electron chi connectivity index (χ0n) is 10.1. The third-order valence-electron chi connectivity index (χ3n) is 3.08. The summed E-state index contributed by atoms with van der Waals surface area (Å²) in [6.07, 6.45) is 5.85. The van der Waals surface area contributed by atoms with Gasteiger partial charge in [0.1, 0.15) is 11.6 Å². The second kappa shape index (κ2) is 4.61. The van der Waals surface area contributed by atoms with Crippen molar-refractivity contribution in [1.29, 1.82) is 0 Å². The summed E-state index contributed by atoms with van der Waals surface area (Å²) in [4.78, 5) is 10.6. The van der Waals surface area contributed by atoms with Gasteiger partial charge in [-0.15, -0.1) is 0 Å². The minimum absolute atomic E-state index is 0.292. The lowest BCUT2D eigenvalue weighted by Crippen LogP contribution is -2.26. The first-order chi connectivity index (χ1) is 8.74. The fourth-order valence-corrected chi connectivity index (χ4v) is 2.17. The van der Waals surface area contributed by atoms with Crippen LogP contribution < -0.4 is 4.90 Å². The van der Waals surface area contributed by atoms with Gasteiger partial charge in [0.2, 0.25) is 5.28 Å². The second-order valence-corrected chi connectivity index (χ2v) is 4.92. The number of furan rings is 1. The van der Waals surface area contributed by atoms with E-state index in [1.807, 2.05) is 19.1 Å². The molecule has 1 aliphatic carbocycles. The molecule has 5 heteroatoms. The SMILES string of the molecule is Cc1cnc(Cl)nc1N(Cc1ccco1)C1CC1. The Morgan fingerprint density at radius 3 is 3.00 bits per heavy atom. The van der Waals surface area contributed by atoms with Gasteiger partial charge in [-0.3, -0.25) is 0 Å². The molecule has 1 saturated carbocycles. The second-order valence-electron chi connectivity index (χ2n) is 4.58. The highest BCUT2D eigenvalue weighted by Crippen LogP contribution is 2.33. The van der Waals surface area contributed by atoms with E-state index in [2.05, 4.69) is 14.9 Å². The van der Waals surface area contributed by atoms with Crippen LogP contribution in [0, 0.1) is 6.92 Å².